The molecule has 1 aromatic rings. The van der Waals surface area contributed by atoms with E-state index < -0.39 is 10.0 Å². The Kier molecular flexibility index (Phi) is 6.77. The molecule has 0 bridgehead atoms. The number of amides is 2. The van der Waals surface area contributed by atoms with E-state index in [0.717, 1.165) is 0 Å². The lowest BCUT2D eigenvalue weighted by molar-refractivity contribution is -0.120. The zero-order chi connectivity index (χ0) is 19.3. The van der Waals surface area contributed by atoms with Crippen molar-refractivity contribution < 1.29 is 18.0 Å². The Balaban J connectivity index is 2.01. The van der Waals surface area contributed by atoms with Crippen LogP contribution < -0.4 is 10.6 Å². The molecule has 2 rings (SSSR count). The van der Waals surface area contributed by atoms with Gasteiger partial charge in [-0.15, -0.1) is 0 Å². The van der Waals surface area contributed by atoms with Gasteiger partial charge in [0.05, 0.1) is 17.5 Å². The molecular formula is C18H27N3O4S. The molecule has 8 heteroatoms. The number of rotatable bonds is 6. The van der Waals surface area contributed by atoms with Crippen molar-refractivity contribution >= 4 is 27.5 Å². The molecule has 0 spiro atoms. The van der Waals surface area contributed by atoms with Crippen LogP contribution in [0, 0.1) is 11.8 Å². The number of hydrogen-bond donors (Lipinski definition) is 2. The number of nitrogens with one attached hydrogen (secondary N) is 2. The van der Waals surface area contributed by atoms with Crippen LogP contribution in [0.25, 0.3) is 0 Å². The molecule has 26 heavy (non-hydrogen) atoms. The van der Waals surface area contributed by atoms with Gasteiger partial charge in [0.2, 0.25) is 15.9 Å². The molecule has 1 aliphatic heterocycles. The van der Waals surface area contributed by atoms with Crippen molar-refractivity contribution in [1.82, 2.24) is 9.62 Å². The average Bonchev–Trinajstić information content (AvgIpc) is 2.59. The average molecular weight is 381 g/mol. The third kappa shape index (κ3) is 5.54. The highest BCUT2D eigenvalue weighted by Gasteiger charge is 2.29. The van der Waals surface area contributed by atoms with Gasteiger partial charge in [-0.3, -0.25) is 9.59 Å². The van der Waals surface area contributed by atoms with Crippen LogP contribution in [-0.4, -0.2) is 50.4 Å². The molecule has 2 amide bonds. The van der Waals surface area contributed by atoms with Crippen LogP contribution in [0.4, 0.5) is 5.69 Å². The van der Waals surface area contributed by atoms with Crippen molar-refractivity contribution in [3.05, 3.63) is 29.8 Å². The maximum atomic E-state index is 12.6. The summed E-state index contributed by atoms with van der Waals surface area (Å²) in [6, 6.07) is 6.90. The normalized spacial score (nSPS) is 16.5. The van der Waals surface area contributed by atoms with Crippen molar-refractivity contribution in [2.75, 3.05) is 31.2 Å². The Labute approximate surface area is 155 Å². The molecule has 1 fully saturated rings. The van der Waals surface area contributed by atoms with Gasteiger partial charge in [-0.1, -0.05) is 26.0 Å². The number of anilines is 1. The van der Waals surface area contributed by atoms with E-state index >= 15 is 0 Å². The first-order chi connectivity index (χ1) is 12.2. The lowest BCUT2D eigenvalue weighted by Crippen LogP contribution is -2.41. The summed E-state index contributed by atoms with van der Waals surface area (Å²) in [5, 5.41) is 5.69. The molecule has 0 radical (unpaired) electrons. The number of hydrogen-bond acceptors (Lipinski definition) is 4. The second-order valence-electron chi connectivity index (χ2n) is 7.08. The largest absolute Gasteiger partial charge is 0.352 e. The number of piperidine rings is 1. The fraction of sp³-hybridized carbons (Fsp3) is 0.556. The Morgan fingerprint density at radius 3 is 2.38 bits per heavy atom. The predicted octanol–water partition coefficient (Wildman–Crippen LogP) is 1.68. The predicted molar refractivity (Wildman–Crippen MR) is 101 cm³/mol. The summed E-state index contributed by atoms with van der Waals surface area (Å²) in [5.41, 5.74) is 0.902. The number of nitrogens with zero attached hydrogens (tertiary/aromatic N) is 1. The summed E-state index contributed by atoms with van der Waals surface area (Å²) in [5.74, 6) is -0.329. The molecule has 1 heterocycles. The van der Waals surface area contributed by atoms with Crippen LogP contribution in [0.15, 0.2) is 24.3 Å². The SMILES string of the molecule is CC(C)CNC(=O)c1ccccc1NC(=O)C1CCN(S(C)(=O)=O)CC1. The van der Waals surface area contributed by atoms with E-state index in [9.17, 15) is 18.0 Å². The summed E-state index contributed by atoms with van der Waals surface area (Å²) in [7, 11) is -3.22. The monoisotopic (exact) mass is 381 g/mol. The minimum absolute atomic E-state index is 0.178. The van der Waals surface area contributed by atoms with Gasteiger partial charge in [-0.2, -0.15) is 0 Å². The molecule has 0 aromatic heterocycles. The van der Waals surface area contributed by atoms with Gasteiger partial charge in [0.15, 0.2) is 0 Å². The third-order valence-corrected chi connectivity index (χ3v) is 5.70. The minimum Gasteiger partial charge on any atom is -0.352 e. The van der Waals surface area contributed by atoms with E-state index in [2.05, 4.69) is 10.6 Å². The van der Waals surface area contributed by atoms with Crippen molar-refractivity contribution in [3.8, 4) is 0 Å². The molecule has 0 saturated carbocycles. The van der Waals surface area contributed by atoms with Crippen molar-refractivity contribution in [3.63, 3.8) is 0 Å². The Morgan fingerprint density at radius 2 is 1.81 bits per heavy atom. The van der Waals surface area contributed by atoms with E-state index in [-0.39, 0.29) is 17.7 Å². The standard InChI is InChI=1S/C18H27N3O4S/c1-13(2)12-19-18(23)15-6-4-5-7-16(15)20-17(22)14-8-10-21(11-9-14)26(3,24)25/h4-7,13-14H,8-12H2,1-3H3,(H,19,23)(H,20,22). The molecule has 144 valence electrons. The second kappa shape index (κ2) is 8.64. The van der Waals surface area contributed by atoms with Gasteiger partial charge in [-0.25, -0.2) is 12.7 Å². The van der Waals surface area contributed by atoms with Gasteiger partial charge >= 0.3 is 0 Å². The molecule has 2 N–H and O–H groups in total. The molecule has 1 aliphatic rings. The lowest BCUT2D eigenvalue weighted by Gasteiger charge is -2.29. The third-order valence-electron chi connectivity index (χ3n) is 4.39. The maximum absolute atomic E-state index is 12.6. The van der Waals surface area contributed by atoms with Crippen molar-refractivity contribution in [1.29, 1.82) is 0 Å². The summed E-state index contributed by atoms with van der Waals surface area (Å²) in [4.78, 5) is 24.9. The Bertz CT molecular complexity index is 753. The Morgan fingerprint density at radius 1 is 1.19 bits per heavy atom. The van der Waals surface area contributed by atoms with E-state index in [4.69, 9.17) is 0 Å². The van der Waals surface area contributed by atoms with Gasteiger partial charge in [-0.05, 0) is 30.9 Å². The number of carbonyl (C=O) groups excluding carboxylic acids is 2. The lowest BCUT2D eigenvalue weighted by atomic mass is 9.97. The van der Waals surface area contributed by atoms with Crippen molar-refractivity contribution in [2.45, 2.75) is 26.7 Å². The highest BCUT2D eigenvalue weighted by atomic mass is 32.2. The fourth-order valence-corrected chi connectivity index (χ4v) is 3.74. The fourth-order valence-electron chi connectivity index (χ4n) is 2.87. The van der Waals surface area contributed by atoms with Crippen LogP contribution in [0.5, 0.6) is 0 Å². The summed E-state index contributed by atoms with van der Waals surface area (Å²) in [6.45, 7) is 5.26. The van der Waals surface area contributed by atoms with Gasteiger partial charge < -0.3 is 10.6 Å². The molecule has 1 saturated heterocycles. The quantitative estimate of drug-likeness (QED) is 0.784. The second-order valence-corrected chi connectivity index (χ2v) is 9.06. The van der Waals surface area contributed by atoms with E-state index in [0.29, 0.717) is 49.6 Å². The smallest absolute Gasteiger partial charge is 0.253 e. The molecule has 0 aliphatic carbocycles. The van der Waals surface area contributed by atoms with Crippen molar-refractivity contribution in [2.24, 2.45) is 11.8 Å². The first-order valence-corrected chi connectivity index (χ1v) is 10.7. The summed E-state index contributed by atoms with van der Waals surface area (Å²) >= 11 is 0. The maximum Gasteiger partial charge on any atom is 0.253 e. The van der Waals surface area contributed by atoms with Crippen LogP contribution in [0.2, 0.25) is 0 Å². The van der Waals surface area contributed by atoms with Crippen LogP contribution >= 0.6 is 0 Å². The van der Waals surface area contributed by atoms with Gasteiger partial charge in [0.1, 0.15) is 0 Å². The topological polar surface area (TPSA) is 95.6 Å². The van der Waals surface area contributed by atoms with Gasteiger partial charge in [0, 0.05) is 25.6 Å². The number of para-hydroxylation sites is 1. The zero-order valence-corrected chi connectivity index (χ0v) is 16.3. The Hall–Kier alpha value is -1.93. The number of benzene rings is 1. The molecule has 7 nitrogen and oxygen atoms in total. The minimum atomic E-state index is -3.22. The first-order valence-electron chi connectivity index (χ1n) is 8.81. The molecular weight excluding hydrogens is 354 g/mol. The first kappa shape index (κ1) is 20.4. The van der Waals surface area contributed by atoms with E-state index in [1.54, 1.807) is 24.3 Å². The van der Waals surface area contributed by atoms with Gasteiger partial charge in [0.25, 0.3) is 5.91 Å². The van der Waals surface area contributed by atoms with E-state index in [1.807, 2.05) is 13.8 Å². The zero-order valence-electron chi connectivity index (χ0n) is 15.5. The molecule has 1 aromatic carbocycles. The summed E-state index contributed by atoms with van der Waals surface area (Å²) in [6.07, 6.45) is 2.13. The highest BCUT2D eigenvalue weighted by Crippen LogP contribution is 2.22. The van der Waals surface area contributed by atoms with E-state index in [1.165, 1.54) is 10.6 Å². The van der Waals surface area contributed by atoms with Crippen LogP contribution in [-0.2, 0) is 14.8 Å². The number of carbonyl (C=O) groups is 2. The highest BCUT2D eigenvalue weighted by molar-refractivity contribution is 7.88. The molecule has 0 atom stereocenters. The summed E-state index contributed by atoms with van der Waals surface area (Å²) < 4.78 is 24.5. The molecule has 0 unspecified atom stereocenters. The van der Waals surface area contributed by atoms with Crippen LogP contribution in [0.1, 0.15) is 37.0 Å². The number of sulfonamides is 1. The van der Waals surface area contributed by atoms with Crippen LogP contribution in [0.3, 0.4) is 0 Å².